The monoisotopic (exact) mass is 210 g/mol. The third-order valence-corrected chi connectivity index (χ3v) is 1.87. The summed E-state index contributed by atoms with van der Waals surface area (Å²) >= 11 is 5.73. The molecule has 0 aromatic heterocycles. The van der Waals surface area contributed by atoms with E-state index in [0.29, 0.717) is 10.6 Å². The molecule has 76 valence electrons. The molecule has 0 atom stereocenters. The summed E-state index contributed by atoms with van der Waals surface area (Å²) in [4.78, 5) is 11.2. The summed E-state index contributed by atoms with van der Waals surface area (Å²) in [6.07, 6.45) is 1.30. The van der Waals surface area contributed by atoms with Gasteiger partial charge in [0.05, 0.1) is 0 Å². The molecule has 2 heteroatoms. The lowest BCUT2D eigenvalue weighted by molar-refractivity contribution is 0.104. The molecule has 0 heterocycles. The van der Waals surface area contributed by atoms with Gasteiger partial charge in [0, 0.05) is 10.6 Å². The predicted molar refractivity (Wildman–Crippen MR) is 62.1 cm³/mol. The maximum atomic E-state index is 11.2. The number of hydrogen-bond donors (Lipinski definition) is 0. The fraction of sp³-hybridized carbons (Fsp3) is 0.250. The third kappa shape index (κ3) is 3.35. The largest absolute Gasteiger partial charge is 0.289 e. The fourth-order valence-corrected chi connectivity index (χ4v) is 1.24. The van der Waals surface area contributed by atoms with E-state index in [1.807, 2.05) is 20.8 Å². The molecule has 0 fully saturated rings. The van der Waals surface area contributed by atoms with Crippen molar-refractivity contribution in [1.29, 1.82) is 0 Å². The number of carbonyl (C=O) groups is 1. The van der Waals surface area contributed by atoms with Crippen LogP contribution < -0.4 is 0 Å². The van der Waals surface area contributed by atoms with E-state index in [-0.39, 0.29) is 5.78 Å². The van der Waals surface area contributed by atoms with Crippen molar-refractivity contribution in [3.8, 4) is 0 Å². The molecule has 0 saturated carbocycles. The first-order valence-electron chi connectivity index (χ1n) is 4.58. The second kappa shape index (κ2) is 6.39. The average Bonchev–Trinajstić information content (AvgIpc) is 2.20. The van der Waals surface area contributed by atoms with E-state index in [1.165, 1.54) is 6.08 Å². The lowest BCUT2D eigenvalue weighted by Crippen LogP contribution is -1.96. The molecule has 0 amide bonds. The van der Waals surface area contributed by atoms with Crippen molar-refractivity contribution in [2.45, 2.75) is 20.8 Å². The molecular formula is C12H15ClO. The lowest BCUT2D eigenvalue weighted by atomic mass is 10.1. The number of benzene rings is 1. The molecule has 1 aromatic rings. The van der Waals surface area contributed by atoms with Crippen LogP contribution in [0.1, 0.15) is 29.8 Å². The Bertz CT molecular complexity index is 329. The summed E-state index contributed by atoms with van der Waals surface area (Å²) in [5.41, 5.74) is 1.54. The molecule has 14 heavy (non-hydrogen) atoms. The Morgan fingerprint density at radius 2 is 2.00 bits per heavy atom. The number of carbonyl (C=O) groups excluding carboxylic acids is 1. The smallest absolute Gasteiger partial charge is 0.185 e. The standard InChI is InChI=1S/C10H9ClO.C2H6/c1-3-10(12)9-5-4-8(11)6-7(9)2;1-2/h3-6H,1H2,2H3;1-2H3. The molecule has 0 bridgehead atoms. The quantitative estimate of drug-likeness (QED) is 0.532. The van der Waals surface area contributed by atoms with Crippen LogP contribution in [0.25, 0.3) is 0 Å². The Morgan fingerprint density at radius 3 is 2.43 bits per heavy atom. The Morgan fingerprint density at radius 1 is 1.43 bits per heavy atom. The van der Waals surface area contributed by atoms with Gasteiger partial charge in [0.2, 0.25) is 0 Å². The Balaban J connectivity index is 0.000000791. The van der Waals surface area contributed by atoms with Crippen molar-refractivity contribution in [2.24, 2.45) is 0 Å². The van der Waals surface area contributed by atoms with Crippen LogP contribution in [0.2, 0.25) is 5.02 Å². The first-order chi connectivity index (χ1) is 6.65. The first-order valence-corrected chi connectivity index (χ1v) is 4.96. The number of halogens is 1. The fourth-order valence-electron chi connectivity index (χ4n) is 1.01. The third-order valence-electron chi connectivity index (χ3n) is 1.64. The van der Waals surface area contributed by atoms with E-state index in [0.717, 1.165) is 5.56 Å². The van der Waals surface area contributed by atoms with Gasteiger partial charge in [-0.15, -0.1) is 0 Å². The summed E-state index contributed by atoms with van der Waals surface area (Å²) in [5.74, 6) is -0.0656. The van der Waals surface area contributed by atoms with Gasteiger partial charge in [-0.2, -0.15) is 0 Å². The van der Waals surface area contributed by atoms with Crippen LogP contribution in [0, 0.1) is 6.92 Å². The van der Waals surface area contributed by atoms with Gasteiger partial charge in [0.25, 0.3) is 0 Å². The molecule has 0 saturated heterocycles. The normalized spacial score (nSPS) is 8.57. The lowest BCUT2D eigenvalue weighted by Gasteiger charge is -2.00. The van der Waals surface area contributed by atoms with E-state index in [2.05, 4.69) is 6.58 Å². The minimum atomic E-state index is -0.0656. The number of hydrogen-bond acceptors (Lipinski definition) is 1. The molecule has 1 nitrogen and oxygen atoms in total. The van der Waals surface area contributed by atoms with Gasteiger partial charge in [-0.3, -0.25) is 4.79 Å². The second-order valence-electron chi connectivity index (χ2n) is 2.53. The number of ketones is 1. The van der Waals surface area contributed by atoms with E-state index < -0.39 is 0 Å². The van der Waals surface area contributed by atoms with Gasteiger partial charge >= 0.3 is 0 Å². The Kier molecular flexibility index (Phi) is 5.89. The molecule has 0 unspecified atom stereocenters. The van der Waals surface area contributed by atoms with Crippen molar-refractivity contribution in [3.63, 3.8) is 0 Å². The Labute approximate surface area is 90.4 Å². The van der Waals surface area contributed by atoms with Crippen molar-refractivity contribution in [3.05, 3.63) is 47.0 Å². The summed E-state index contributed by atoms with van der Waals surface area (Å²) in [5, 5.41) is 0.646. The molecule has 0 N–H and O–H groups in total. The molecular weight excluding hydrogens is 196 g/mol. The molecule has 1 rings (SSSR count). The van der Waals surface area contributed by atoms with Gasteiger partial charge in [-0.1, -0.05) is 32.0 Å². The van der Waals surface area contributed by atoms with Crippen LogP contribution >= 0.6 is 11.6 Å². The minimum absolute atomic E-state index is 0.0656. The van der Waals surface area contributed by atoms with Crippen molar-refractivity contribution >= 4 is 17.4 Å². The maximum Gasteiger partial charge on any atom is 0.185 e. The molecule has 0 aliphatic heterocycles. The average molecular weight is 211 g/mol. The number of rotatable bonds is 2. The van der Waals surface area contributed by atoms with E-state index >= 15 is 0 Å². The van der Waals surface area contributed by atoms with Gasteiger partial charge in [-0.05, 0) is 36.8 Å². The molecule has 0 aliphatic rings. The van der Waals surface area contributed by atoms with Crippen molar-refractivity contribution in [1.82, 2.24) is 0 Å². The summed E-state index contributed by atoms with van der Waals surface area (Å²) in [6, 6.07) is 5.17. The van der Waals surface area contributed by atoms with Gasteiger partial charge < -0.3 is 0 Å². The zero-order valence-corrected chi connectivity index (χ0v) is 9.56. The van der Waals surface area contributed by atoms with Crippen LogP contribution in [0.3, 0.4) is 0 Å². The van der Waals surface area contributed by atoms with Gasteiger partial charge in [-0.25, -0.2) is 0 Å². The highest BCUT2D eigenvalue weighted by molar-refractivity contribution is 6.30. The zero-order chi connectivity index (χ0) is 11.1. The molecule has 0 aliphatic carbocycles. The van der Waals surface area contributed by atoms with Crippen LogP contribution in [-0.2, 0) is 0 Å². The second-order valence-corrected chi connectivity index (χ2v) is 2.96. The summed E-state index contributed by atoms with van der Waals surface area (Å²) in [7, 11) is 0. The van der Waals surface area contributed by atoms with E-state index in [1.54, 1.807) is 18.2 Å². The molecule has 0 spiro atoms. The van der Waals surface area contributed by atoms with Gasteiger partial charge in [0.1, 0.15) is 0 Å². The van der Waals surface area contributed by atoms with Crippen LogP contribution in [0.5, 0.6) is 0 Å². The van der Waals surface area contributed by atoms with Gasteiger partial charge in [0.15, 0.2) is 5.78 Å². The van der Waals surface area contributed by atoms with Crippen LogP contribution in [-0.4, -0.2) is 5.78 Å². The maximum absolute atomic E-state index is 11.2. The minimum Gasteiger partial charge on any atom is -0.289 e. The molecule has 0 radical (unpaired) electrons. The number of allylic oxidation sites excluding steroid dienone is 1. The van der Waals surface area contributed by atoms with Crippen LogP contribution in [0.4, 0.5) is 0 Å². The van der Waals surface area contributed by atoms with Crippen molar-refractivity contribution < 1.29 is 4.79 Å². The Hall–Kier alpha value is -1.08. The van der Waals surface area contributed by atoms with Crippen LogP contribution in [0.15, 0.2) is 30.9 Å². The highest BCUT2D eigenvalue weighted by Gasteiger charge is 2.04. The first kappa shape index (κ1) is 12.9. The number of aryl methyl sites for hydroxylation is 1. The highest BCUT2D eigenvalue weighted by atomic mass is 35.5. The highest BCUT2D eigenvalue weighted by Crippen LogP contribution is 2.15. The summed E-state index contributed by atoms with van der Waals surface area (Å²) < 4.78 is 0. The van der Waals surface area contributed by atoms with Crippen molar-refractivity contribution in [2.75, 3.05) is 0 Å². The topological polar surface area (TPSA) is 17.1 Å². The predicted octanol–water partition coefficient (Wildman–Crippen LogP) is 4.04. The van der Waals surface area contributed by atoms with E-state index in [9.17, 15) is 4.79 Å². The zero-order valence-electron chi connectivity index (χ0n) is 8.80. The summed E-state index contributed by atoms with van der Waals surface area (Å²) in [6.45, 7) is 9.27. The van der Waals surface area contributed by atoms with E-state index in [4.69, 9.17) is 11.6 Å². The molecule has 1 aromatic carbocycles. The SMILES string of the molecule is C=CC(=O)c1ccc(Cl)cc1C.CC.